The zero-order chi connectivity index (χ0) is 17.6. The first kappa shape index (κ1) is 16.7. The van der Waals surface area contributed by atoms with Crippen LogP contribution >= 0.6 is 0 Å². The maximum atomic E-state index is 13.0. The Kier molecular flexibility index (Phi) is 5.09. The molecule has 126 valence electrons. The summed E-state index contributed by atoms with van der Waals surface area (Å²) in [5.41, 5.74) is 2.33. The number of aryl methyl sites for hydroxylation is 1. The molecule has 0 saturated carbocycles. The van der Waals surface area contributed by atoms with E-state index in [1.54, 1.807) is 24.2 Å². The Labute approximate surface area is 147 Å². The smallest absolute Gasteiger partial charge is 0.254 e. The second-order valence-corrected chi connectivity index (χ2v) is 6.00. The van der Waals surface area contributed by atoms with Crippen molar-refractivity contribution >= 4 is 5.91 Å². The number of amides is 1. The first-order chi connectivity index (χ1) is 12.1. The maximum Gasteiger partial charge on any atom is 0.254 e. The van der Waals surface area contributed by atoms with Crippen molar-refractivity contribution in [3.8, 4) is 0 Å². The van der Waals surface area contributed by atoms with E-state index in [0.717, 1.165) is 11.1 Å². The Morgan fingerprint density at radius 2 is 1.40 bits per heavy atom. The molecular formula is C21H20N2O2. The molecule has 0 saturated heterocycles. The van der Waals surface area contributed by atoms with Gasteiger partial charge in [-0.3, -0.25) is 9.59 Å². The Morgan fingerprint density at radius 3 is 1.88 bits per heavy atom. The third-order valence-corrected chi connectivity index (χ3v) is 4.07. The zero-order valence-corrected chi connectivity index (χ0v) is 14.1. The van der Waals surface area contributed by atoms with Gasteiger partial charge in [-0.15, -0.1) is 0 Å². The van der Waals surface area contributed by atoms with E-state index >= 15 is 0 Å². The number of rotatable bonds is 5. The van der Waals surface area contributed by atoms with E-state index in [0.29, 0.717) is 18.7 Å². The zero-order valence-electron chi connectivity index (χ0n) is 14.1. The van der Waals surface area contributed by atoms with Crippen LogP contribution in [0.2, 0.25) is 0 Å². The predicted octanol–water partition coefficient (Wildman–Crippen LogP) is 3.23. The van der Waals surface area contributed by atoms with Gasteiger partial charge >= 0.3 is 0 Å². The summed E-state index contributed by atoms with van der Waals surface area (Å²) in [7, 11) is 1.67. The maximum absolute atomic E-state index is 13.0. The second kappa shape index (κ2) is 7.62. The quantitative estimate of drug-likeness (QED) is 0.720. The SMILES string of the molecule is Cn1ccc(C(=O)N(Cc2ccccc2)Cc2ccccc2)cc1=O. The van der Waals surface area contributed by atoms with Crippen LogP contribution in [-0.2, 0) is 20.1 Å². The molecule has 0 aliphatic carbocycles. The van der Waals surface area contributed by atoms with Crippen LogP contribution < -0.4 is 5.56 Å². The van der Waals surface area contributed by atoms with E-state index in [1.807, 2.05) is 60.7 Å². The van der Waals surface area contributed by atoms with Crippen LogP contribution in [0.1, 0.15) is 21.5 Å². The van der Waals surface area contributed by atoms with Crippen molar-refractivity contribution in [2.24, 2.45) is 7.05 Å². The summed E-state index contributed by atoms with van der Waals surface area (Å²) in [5, 5.41) is 0. The van der Waals surface area contributed by atoms with Crippen molar-refractivity contribution in [2.45, 2.75) is 13.1 Å². The van der Waals surface area contributed by atoms with Crippen molar-refractivity contribution in [2.75, 3.05) is 0 Å². The molecule has 0 aliphatic heterocycles. The molecule has 0 unspecified atom stereocenters. The van der Waals surface area contributed by atoms with E-state index < -0.39 is 0 Å². The highest BCUT2D eigenvalue weighted by atomic mass is 16.2. The molecule has 0 aliphatic rings. The lowest BCUT2D eigenvalue weighted by Gasteiger charge is -2.23. The highest BCUT2D eigenvalue weighted by Gasteiger charge is 2.17. The van der Waals surface area contributed by atoms with Gasteiger partial charge in [-0.2, -0.15) is 0 Å². The van der Waals surface area contributed by atoms with Gasteiger partial charge in [-0.05, 0) is 17.2 Å². The number of carbonyl (C=O) groups excluding carboxylic acids is 1. The van der Waals surface area contributed by atoms with Crippen LogP contribution in [0.15, 0.2) is 83.8 Å². The minimum atomic E-state index is -0.190. The number of hydrogen-bond donors (Lipinski definition) is 0. The summed E-state index contributed by atoms with van der Waals surface area (Å²) < 4.78 is 1.45. The summed E-state index contributed by atoms with van der Waals surface area (Å²) in [6, 6.07) is 22.8. The Hall–Kier alpha value is -3.14. The molecule has 3 rings (SSSR count). The number of carbonyl (C=O) groups is 1. The number of nitrogens with zero attached hydrogens (tertiary/aromatic N) is 2. The molecule has 4 heteroatoms. The van der Waals surface area contributed by atoms with E-state index in [9.17, 15) is 9.59 Å². The number of benzene rings is 2. The third-order valence-electron chi connectivity index (χ3n) is 4.07. The normalized spacial score (nSPS) is 10.4. The molecule has 0 N–H and O–H groups in total. The number of aromatic nitrogens is 1. The minimum absolute atomic E-state index is 0.148. The molecule has 0 spiro atoms. The minimum Gasteiger partial charge on any atom is -0.330 e. The second-order valence-electron chi connectivity index (χ2n) is 6.00. The van der Waals surface area contributed by atoms with Gasteiger partial charge in [0, 0.05) is 38.0 Å². The molecule has 1 aromatic heterocycles. The number of hydrogen-bond acceptors (Lipinski definition) is 2. The van der Waals surface area contributed by atoms with E-state index in [1.165, 1.54) is 10.6 Å². The molecular weight excluding hydrogens is 312 g/mol. The van der Waals surface area contributed by atoms with E-state index in [4.69, 9.17) is 0 Å². The van der Waals surface area contributed by atoms with E-state index in [2.05, 4.69) is 0 Å². The van der Waals surface area contributed by atoms with Gasteiger partial charge < -0.3 is 9.47 Å². The van der Waals surface area contributed by atoms with Gasteiger partial charge in [0.05, 0.1) is 0 Å². The van der Waals surface area contributed by atoms with Crippen molar-refractivity contribution in [3.63, 3.8) is 0 Å². The van der Waals surface area contributed by atoms with Gasteiger partial charge in [-0.1, -0.05) is 60.7 Å². The van der Waals surface area contributed by atoms with Crippen molar-refractivity contribution in [1.82, 2.24) is 9.47 Å². The Morgan fingerprint density at radius 1 is 0.880 bits per heavy atom. The summed E-state index contributed by atoms with van der Waals surface area (Å²) in [4.78, 5) is 26.6. The van der Waals surface area contributed by atoms with Gasteiger partial charge in [0.25, 0.3) is 11.5 Å². The highest BCUT2D eigenvalue weighted by Crippen LogP contribution is 2.13. The van der Waals surface area contributed by atoms with Crippen molar-refractivity contribution < 1.29 is 4.79 Å². The van der Waals surface area contributed by atoms with Gasteiger partial charge in [0.2, 0.25) is 0 Å². The molecule has 4 nitrogen and oxygen atoms in total. The molecule has 25 heavy (non-hydrogen) atoms. The van der Waals surface area contributed by atoms with Gasteiger partial charge in [-0.25, -0.2) is 0 Å². The van der Waals surface area contributed by atoms with Crippen LogP contribution in [0, 0.1) is 0 Å². The summed E-state index contributed by atoms with van der Waals surface area (Å²) in [6.07, 6.45) is 1.62. The molecule has 1 heterocycles. The van der Waals surface area contributed by atoms with Crippen molar-refractivity contribution in [1.29, 1.82) is 0 Å². The fraction of sp³-hybridized carbons (Fsp3) is 0.143. The Balaban J connectivity index is 1.90. The van der Waals surface area contributed by atoms with Gasteiger partial charge in [0.15, 0.2) is 0 Å². The number of pyridine rings is 1. The lowest BCUT2D eigenvalue weighted by Crippen LogP contribution is -2.31. The lowest BCUT2D eigenvalue weighted by molar-refractivity contribution is 0.0729. The average Bonchev–Trinajstić information content (AvgIpc) is 2.64. The van der Waals surface area contributed by atoms with Crippen molar-refractivity contribution in [3.05, 3.63) is 106 Å². The molecule has 0 radical (unpaired) electrons. The van der Waals surface area contributed by atoms with Crippen LogP contribution in [0.5, 0.6) is 0 Å². The van der Waals surface area contributed by atoms with Crippen LogP contribution in [0.4, 0.5) is 0 Å². The van der Waals surface area contributed by atoms with E-state index in [-0.39, 0.29) is 11.5 Å². The third kappa shape index (κ3) is 4.23. The molecule has 2 aromatic carbocycles. The summed E-state index contributed by atoms with van der Waals surface area (Å²) >= 11 is 0. The van der Waals surface area contributed by atoms with Crippen LogP contribution in [-0.4, -0.2) is 15.4 Å². The predicted molar refractivity (Wildman–Crippen MR) is 98.1 cm³/mol. The standard InChI is InChI=1S/C21H20N2O2/c1-22-13-12-19(14-20(22)24)21(25)23(15-17-8-4-2-5-9-17)16-18-10-6-3-7-11-18/h2-14H,15-16H2,1H3. The highest BCUT2D eigenvalue weighted by molar-refractivity contribution is 5.94. The molecule has 0 bridgehead atoms. The lowest BCUT2D eigenvalue weighted by atomic mass is 10.1. The topological polar surface area (TPSA) is 42.3 Å². The molecule has 1 amide bonds. The molecule has 0 atom stereocenters. The fourth-order valence-electron chi connectivity index (χ4n) is 2.67. The summed E-state index contributed by atoms with van der Waals surface area (Å²) in [5.74, 6) is -0.148. The van der Waals surface area contributed by atoms with Crippen LogP contribution in [0.3, 0.4) is 0 Å². The average molecular weight is 332 g/mol. The fourth-order valence-corrected chi connectivity index (χ4v) is 2.67. The molecule has 0 fully saturated rings. The first-order valence-electron chi connectivity index (χ1n) is 8.17. The first-order valence-corrected chi connectivity index (χ1v) is 8.17. The summed E-state index contributed by atoms with van der Waals surface area (Å²) in [6.45, 7) is 0.980. The largest absolute Gasteiger partial charge is 0.330 e. The Bertz CT molecular complexity index is 860. The van der Waals surface area contributed by atoms with Crippen LogP contribution in [0.25, 0.3) is 0 Å². The monoisotopic (exact) mass is 332 g/mol. The molecule has 3 aromatic rings. The van der Waals surface area contributed by atoms with Gasteiger partial charge in [0.1, 0.15) is 0 Å².